The largest absolute Gasteiger partial charge is 0.488 e. The molecule has 0 aromatic heterocycles. The minimum Gasteiger partial charge on any atom is -0.488 e. The van der Waals surface area contributed by atoms with Gasteiger partial charge in [0, 0.05) is 17.7 Å². The van der Waals surface area contributed by atoms with E-state index in [1.54, 1.807) is 12.1 Å². The molecule has 0 spiro atoms. The van der Waals surface area contributed by atoms with Crippen LogP contribution in [0, 0.1) is 10.1 Å². The molecule has 0 heterocycles. The second-order valence-electron chi connectivity index (χ2n) is 4.44. The van der Waals surface area contributed by atoms with Crippen LogP contribution in [0.5, 0.6) is 0 Å². The molecule has 0 saturated heterocycles. The van der Waals surface area contributed by atoms with Crippen LogP contribution >= 0.6 is 0 Å². The molecule has 1 rings (SSSR count). The quantitative estimate of drug-likeness (QED) is 0.446. The van der Waals surface area contributed by atoms with Gasteiger partial charge in [0.1, 0.15) is 11.4 Å². The maximum atomic E-state index is 10.5. The second-order valence-corrected chi connectivity index (χ2v) is 4.44. The molecule has 4 nitrogen and oxygen atoms in total. The number of rotatable bonds is 3. The fourth-order valence-corrected chi connectivity index (χ4v) is 1.20. The monoisotopic (exact) mass is 221 g/mol. The van der Waals surface area contributed by atoms with Crippen molar-refractivity contribution in [3.05, 3.63) is 46.5 Å². The summed E-state index contributed by atoms with van der Waals surface area (Å²) in [5.41, 5.74) is 0.492. The lowest BCUT2D eigenvalue weighted by Gasteiger charge is -2.22. The van der Waals surface area contributed by atoms with Gasteiger partial charge in [-0.05, 0) is 32.9 Å². The fourth-order valence-electron chi connectivity index (χ4n) is 1.20. The van der Waals surface area contributed by atoms with Gasteiger partial charge in [-0.15, -0.1) is 0 Å². The molecule has 0 fully saturated rings. The molecular weight excluding hydrogens is 206 g/mol. The zero-order chi connectivity index (χ0) is 12.3. The molecule has 16 heavy (non-hydrogen) atoms. The summed E-state index contributed by atoms with van der Waals surface area (Å²) in [6, 6.07) is 6.14. The Balaban J connectivity index is 2.82. The van der Waals surface area contributed by atoms with E-state index in [9.17, 15) is 10.1 Å². The summed E-state index contributed by atoms with van der Waals surface area (Å²) in [4.78, 5) is 10.0. The molecule has 0 N–H and O–H groups in total. The SMILES string of the molecule is C=C(OC(C)(C)C)c1ccc([N+](=O)[O-])cc1. The number of benzene rings is 1. The minimum absolute atomic E-state index is 0.0623. The molecule has 86 valence electrons. The van der Waals surface area contributed by atoms with Crippen molar-refractivity contribution in [3.8, 4) is 0 Å². The van der Waals surface area contributed by atoms with Crippen LogP contribution < -0.4 is 0 Å². The van der Waals surface area contributed by atoms with Gasteiger partial charge >= 0.3 is 0 Å². The van der Waals surface area contributed by atoms with Crippen molar-refractivity contribution in [1.82, 2.24) is 0 Å². The third kappa shape index (κ3) is 3.38. The number of non-ortho nitro benzene ring substituents is 1. The summed E-state index contributed by atoms with van der Waals surface area (Å²) in [6.45, 7) is 9.55. The van der Waals surface area contributed by atoms with Gasteiger partial charge in [-0.3, -0.25) is 10.1 Å². The average Bonchev–Trinajstić information content (AvgIpc) is 2.15. The topological polar surface area (TPSA) is 52.4 Å². The molecule has 0 atom stereocenters. The van der Waals surface area contributed by atoms with E-state index in [1.807, 2.05) is 20.8 Å². The lowest BCUT2D eigenvalue weighted by atomic mass is 10.1. The smallest absolute Gasteiger partial charge is 0.269 e. The number of ether oxygens (including phenoxy) is 1. The van der Waals surface area contributed by atoms with Gasteiger partial charge in [-0.2, -0.15) is 0 Å². The average molecular weight is 221 g/mol. The van der Waals surface area contributed by atoms with Crippen molar-refractivity contribution >= 4 is 11.4 Å². The van der Waals surface area contributed by atoms with Gasteiger partial charge in [-0.25, -0.2) is 0 Å². The number of hydrogen-bond acceptors (Lipinski definition) is 3. The Morgan fingerprint density at radius 2 is 1.81 bits per heavy atom. The highest BCUT2D eigenvalue weighted by atomic mass is 16.6. The predicted molar refractivity (Wildman–Crippen MR) is 63.0 cm³/mol. The van der Waals surface area contributed by atoms with Crippen molar-refractivity contribution < 1.29 is 9.66 Å². The first-order valence-electron chi connectivity index (χ1n) is 4.92. The molecule has 0 aliphatic carbocycles. The molecular formula is C12H15NO3. The Morgan fingerprint density at radius 3 is 2.19 bits per heavy atom. The molecule has 0 aliphatic heterocycles. The molecule has 0 bridgehead atoms. The van der Waals surface area contributed by atoms with Crippen molar-refractivity contribution in [2.75, 3.05) is 0 Å². The van der Waals surface area contributed by atoms with Gasteiger partial charge in [0.15, 0.2) is 0 Å². The van der Waals surface area contributed by atoms with Gasteiger partial charge < -0.3 is 4.74 Å². The Kier molecular flexibility index (Phi) is 3.32. The summed E-state index contributed by atoms with van der Waals surface area (Å²) >= 11 is 0. The lowest BCUT2D eigenvalue weighted by Crippen LogP contribution is -2.17. The second kappa shape index (κ2) is 4.35. The van der Waals surface area contributed by atoms with Crippen LogP contribution in [0.15, 0.2) is 30.8 Å². The molecule has 1 aromatic carbocycles. The Labute approximate surface area is 94.7 Å². The third-order valence-electron chi connectivity index (χ3n) is 1.83. The first-order chi connectivity index (χ1) is 7.29. The Hall–Kier alpha value is -1.84. The summed E-state index contributed by atoms with van der Waals surface area (Å²) in [5.74, 6) is 0.516. The minimum atomic E-state index is -0.433. The maximum absolute atomic E-state index is 10.5. The van der Waals surface area contributed by atoms with Crippen molar-refractivity contribution in [2.24, 2.45) is 0 Å². The summed E-state index contributed by atoms with van der Waals surface area (Å²) in [7, 11) is 0. The maximum Gasteiger partial charge on any atom is 0.269 e. The first-order valence-corrected chi connectivity index (χ1v) is 4.92. The molecule has 0 radical (unpaired) electrons. The van der Waals surface area contributed by atoms with Crippen molar-refractivity contribution in [3.63, 3.8) is 0 Å². The van der Waals surface area contributed by atoms with Crippen molar-refractivity contribution in [1.29, 1.82) is 0 Å². The van der Waals surface area contributed by atoms with Gasteiger partial charge in [0.25, 0.3) is 5.69 Å². The predicted octanol–water partition coefficient (Wildman–Crippen LogP) is 3.38. The van der Waals surface area contributed by atoms with E-state index < -0.39 is 4.92 Å². The van der Waals surface area contributed by atoms with Crippen LogP contribution in [0.2, 0.25) is 0 Å². The van der Waals surface area contributed by atoms with E-state index in [1.165, 1.54) is 12.1 Å². The first kappa shape index (κ1) is 12.2. The van der Waals surface area contributed by atoms with Gasteiger partial charge in [0.05, 0.1) is 4.92 Å². The number of nitro groups is 1. The molecule has 0 saturated carbocycles. The Bertz CT molecular complexity index is 401. The highest BCUT2D eigenvalue weighted by molar-refractivity contribution is 5.59. The lowest BCUT2D eigenvalue weighted by molar-refractivity contribution is -0.384. The third-order valence-corrected chi connectivity index (χ3v) is 1.83. The highest BCUT2D eigenvalue weighted by Crippen LogP contribution is 2.22. The van der Waals surface area contributed by atoms with Crippen LogP contribution in [0.1, 0.15) is 26.3 Å². The standard InChI is InChI=1S/C12H15NO3/c1-9(16-12(2,3)4)10-5-7-11(8-6-10)13(14)15/h5-8H,1H2,2-4H3. The molecule has 4 heteroatoms. The van der Waals surface area contributed by atoms with E-state index >= 15 is 0 Å². The van der Waals surface area contributed by atoms with Gasteiger partial charge in [0.2, 0.25) is 0 Å². The summed E-state index contributed by atoms with van der Waals surface area (Å²) in [5, 5.41) is 10.5. The molecule has 0 amide bonds. The van der Waals surface area contributed by atoms with Crippen LogP contribution in [0.4, 0.5) is 5.69 Å². The normalized spacial score (nSPS) is 10.9. The van der Waals surface area contributed by atoms with E-state index in [-0.39, 0.29) is 11.3 Å². The number of hydrogen-bond donors (Lipinski definition) is 0. The van der Waals surface area contributed by atoms with E-state index in [0.717, 1.165) is 5.56 Å². The molecule has 1 aromatic rings. The van der Waals surface area contributed by atoms with Crippen LogP contribution in [-0.4, -0.2) is 10.5 Å². The summed E-state index contributed by atoms with van der Waals surface area (Å²) in [6.07, 6.45) is 0. The zero-order valence-electron chi connectivity index (χ0n) is 9.69. The van der Waals surface area contributed by atoms with Crippen LogP contribution in [-0.2, 0) is 4.74 Å². The fraction of sp³-hybridized carbons (Fsp3) is 0.333. The van der Waals surface area contributed by atoms with Crippen LogP contribution in [0.3, 0.4) is 0 Å². The van der Waals surface area contributed by atoms with E-state index in [0.29, 0.717) is 5.76 Å². The van der Waals surface area contributed by atoms with Crippen molar-refractivity contribution in [2.45, 2.75) is 26.4 Å². The summed E-state index contributed by atoms with van der Waals surface area (Å²) < 4.78 is 5.56. The zero-order valence-corrected chi connectivity index (χ0v) is 9.69. The molecule has 0 unspecified atom stereocenters. The van der Waals surface area contributed by atoms with E-state index in [4.69, 9.17) is 4.74 Å². The number of nitrogens with zero attached hydrogens (tertiary/aromatic N) is 1. The Morgan fingerprint density at radius 1 is 1.31 bits per heavy atom. The highest BCUT2D eigenvalue weighted by Gasteiger charge is 2.14. The van der Waals surface area contributed by atoms with E-state index in [2.05, 4.69) is 6.58 Å². The number of nitro benzene ring substituents is 1. The van der Waals surface area contributed by atoms with Gasteiger partial charge in [-0.1, -0.05) is 6.58 Å². The molecule has 0 aliphatic rings. The van der Waals surface area contributed by atoms with Crippen LogP contribution in [0.25, 0.3) is 5.76 Å².